The molecule has 0 N–H and O–H groups in total. The number of hydrogen-bond acceptors (Lipinski definition) is 3. The van der Waals surface area contributed by atoms with Crippen molar-refractivity contribution in [2.45, 2.75) is 0 Å². The van der Waals surface area contributed by atoms with Crippen molar-refractivity contribution in [1.29, 1.82) is 0 Å². The summed E-state index contributed by atoms with van der Waals surface area (Å²) < 4.78 is 0. The Labute approximate surface area is 68.6 Å². The molecule has 0 bridgehead atoms. The minimum Gasteiger partial charge on any atom is -0.261 e. The zero-order chi connectivity index (χ0) is 7.52. The zero-order valence-electron chi connectivity index (χ0n) is 5.69. The van der Waals surface area contributed by atoms with Crippen molar-refractivity contribution in [2.75, 3.05) is 0 Å². The number of rotatable bonds is 1. The van der Waals surface area contributed by atoms with Gasteiger partial charge in [0.25, 0.3) is 0 Å². The van der Waals surface area contributed by atoms with Crippen LogP contribution in [0.15, 0.2) is 30.7 Å². The summed E-state index contributed by atoms with van der Waals surface area (Å²) in [4.78, 5) is 9.23. The minimum absolute atomic E-state index is 0.916. The highest BCUT2D eigenvalue weighted by Gasteiger charge is 1.97. The highest BCUT2D eigenvalue weighted by Crippen LogP contribution is 2.20. The predicted molar refractivity (Wildman–Crippen MR) is 44.2 cm³/mol. The third-order valence-electron chi connectivity index (χ3n) is 1.29. The van der Waals surface area contributed by atoms with E-state index in [0.717, 1.165) is 10.6 Å². The van der Waals surface area contributed by atoms with Crippen molar-refractivity contribution in [3.63, 3.8) is 0 Å². The summed E-state index contributed by atoms with van der Waals surface area (Å²) in [6, 6.07) is 3.86. The molecule has 0 atom stereocenters. The topological polar surface area (TPSA) is 25.8 Å². The summed E-state index contributed by atoms with van der Waals surface area (Å²) in [5.74, 6) is 0. The SMILES string of the molecule is [c]1ccc(-c2cnccn2)s1. The molecule has 0 fully saturated rings. The molecule has 0 saturated heterocycles. The van der Waals surface area contributed by atoms with E-state index in [9.17, 15) is 0 Å². The normalized spacial score (nSPS) is 9.82. The van der Waals surface area contributed by atoms with Crippen molar-refractivity contribution in [3.05, 3.63) is 36.1 Å². The summed E-state index contributed by atoms with van der Waals surface area (Å²) >= 11 is 1.55. The van der Waals surface area contributed by atoms with E-state index in [1.54, 1.807) is 29.9 Å². The van der Waals surface area contributed by atoms with Gasteiger partial charge in [-0.1, -0.05) is 0 Å². The number of thiophene rings is 1. The van der Waals surface area contributed by atoms with Crippen molar-refractivity contribution >= 4 is 11.3 Å². The summed E-state index contributed by atoms with van der Waals surface area (Å²) in [6.07, 6.45) is 5.11. The van der Waals surface area contributed by atoms with E-state index >= 15 is 0 Å². The van der Waals surface area contributed by atoms with Gasteiger partial charge in [-0.3, -0.25) is 9.97 Å². The van der Waals surface area contributed by atoms with Gasteiger partial charge in [0, 0.05) is 17.8 Å². The summed E-state index contributed by atoms with van der Waals surface area (Å²) in [5.41, 5.74) is 0.916. The van der Waals surface area contributed by atoms with Crippen LogP contribution in [0.2, 0.25) is 0 Å². The van der Waals surface area contributed by atoms with Gasteiger partial charge in [-0.15, -0.1) is 11.3 Å². The Kier molecular flexibility index (Phi) is 1.65. The van der Waals surface area contributed by atoms with Gasteiger partial charge in [-0.25, -0.2) is 0 Å². The molecule has 0 spiro atoms. The molecular weight excluding hydrogens is 156 g/mol. The average molecular weight is 161 g/mol. The lowest BCUT2D eigenvalue weighted by molar-refractivity contribution is 1.21. The summed E-state index contributed by atoms with van der Waals surface area (Å²) in [6.45, 7) is 0. The van der Waals surface area contributed by atoms with Crippen LogP contribution in [0.3, 0.4) is 0 Å². The van der Waals surface area contributed by atoms with Gasteiger partial charge in [0.15, 0.2) is 0 Å². The molecular formula is C8H5N2S. The first-order valence-electron chi connectivity index (χ1n) is 3.19. The van der Waals surface area contributed by atoms with Gasteiger partial charge >= 0.3 is 0 Å². The Hall–Kier alpha value is -1.22. The molecule has 0 aliphatic heterocycles. The first kappa shape index (κ1) is 6.49. The maximum Gasteiger partial charge on any atom is 0.0984 e. The van der Waals surface area contributed by atoms with Crippen LogP contribution in [0.25, 0.3) is 10.6 Å². The van der Waals surface area contributed by atoms with Gasteiger partial charge in [-0.05, 0) is 12.1 Å². The third-order valence-corrected chi connectivity index (χ3v) is 2.11. The Morgan fingerprint density at radius 3 is 3.00 bits per heavy atom. The van der Waals surface area contributed by atoms with E-state index in [-0.39, 0.29) is 0 Å². The van der Waals surface area contributed by atoms with Crippen LogP contribution in [0.4, 0.5) is 0 Å². The standard InChI is InChI=1S/C8H5N2S/c1-2-8(11-5-1)7-6-9-3-4-10-7/h1-4,6H. The molecule has 0 aromatic carbocycles. The lowest BCUT2D eigenvalue weighted by atomic mass is 10.4. The van der Waals surface area contributed by atoms with Crippen LogP contribution >= 0.6 is 11.3 Å². The van der Waals surface area contributed by atoms with Crippen molar-refractivity contribution < 1.29 is 0 Å². The molecule has 1 radical (unpaired) electrons. The number of hydrogen-bond donors (Lipinski definition) is 0. The van der Waals surface area contributed by atoms with E-state index < -0.39 is 0 Å². The van der Waals surface area contributed by atoms with Crippen molar-refractivity contribution in [1.82, 2.24) is 9.97 Å². The fraction of sp³-hybridized carbons (Fsp3) is 0. The molecule has 2 nitrogen and oxygen atoms in total. The van der Waals surface area contributed by atoms with Crippen LogP contribution in [0.1, 0.15) is 0 Å². The smallest absolute Gasteiger partial charge is 0.0984 e. The molecule has 2 aromatic heterocycles. The lowest BCUT2D eigenvalue weighted by Crippen LogP contribution is -1.79. The second-order valence-electron chi connectivity index (χ2n) is 2.01. The van der Waals surface area contributed by atoms with E-state index in [1.165, 1.54) is 0 Å². The molecule has 11 heavy (non-hydrogen) atoms. The second-order valence-corrected chi connectivity index (χ2v) is 2.89. The van der Waals surface area contributed by atoms with Gasteiger partial charge in [0.2, 0.25) is 0 Å². The molecule has 2 heterocycles. The van der Waals surface area contributed by atoms with E-state index in [2.05, 4.69) is 15.3 Å². The Morgan fingerprint density at radius 2 is 2.36 bits per heavy atom. The largest absolute Gasteiger partial charge is 0.261 e. The maximum absolute atomic E-state index is 4.15. The Morgan fingerprint density at radius 1 is 1.36 bits per heavy atom. The molecule has 0 saturated carbocycles. The molecule has 2 aromatic rings. The summed E-state index contributed by atoms with van der Waals surface area (Å²) in [7, 11) is 0. The number of nitrogens with zero attached hydrogens (tertiary/aromatic N) is 2. The second kappa shape index (κ2) is 2.80. The fourth-order valence-corrected chi connectivity index (χ4v) is 1.41. The number of aromatic nitrogens is 2. The Bertz CT molecular complexity index is 315. The first-order chi connectivity index (χ1) is 5.47. The predicted octanol–water partition coefficient (Wildman–Crippen LogP) is 2.01. The van der Waals surface area contributed by atoms with Crippen LogP contribution in [-0.4, -0.2) is 9.97 Å². The van der Waals surface area contributed by atoms with Gasteiger partial charge < -0.3 is 0 Å². The first-order valence-corrected chi connectivity index (χ1v) is 4.01. The zero-order valence-corrected chi connectivity index (χ0v) is 6.51. The van der Waals surface area contributed by atoms with Crippen molar-refractivity contribution in [2.24, 2.45) is 0 Å². The van der Waals surface area contributed by atoms with Crippen LogP contribution < -0.4 is 0 Å². The molecule has 0 unspecified atom stereocenters. The highest BCUT2D eigenvalue weighted by molar-refractivity contribution is 7.13. The molecule has 3 heteroatoms. The average Bonchev–Trinajstić information content (AvgIpc) is 2.58. The molecule has 2 rings (SSSR count). The fourth-order valence-electron chi connectivity index (χ4n) is 0.805. The van der Waals surface area contributed by atoms with Crippen LogP contribution in [0, 0.1) is 5.38 Å². The summed E-state index contributed by atoms with van der Waals surface area (Å²) in [5, 5.41) is 3.00. The molecule has 53 valence electrons. The Balaban J connectivity index is 2.46. The van der Waals surface area contributed by atoms with E-state index in [4.69, 9.17) is 0 Å². The quantitative estimate of drug-likeness (QED) is 0.639. The molecule has 0 amide bonds. The maximum atomic E-state index is 4.15. The van der Waals surface area contributed by atoms with E-state index in [0.29, 0.717) is 0 Å². The third kappa shape index (κ3) is 1.28. The van der Waals surface area contributed by atoms with Gasteiger partial charge in [0.1, 0.15) is 0 Å². The highest BCUT2D eigenvalue weighted by atomic mass is 32.1. The molecule has 0 aliphatic carbocycles. The lowest BCUT2D eigenvalue weighted by Gasteiger charge is -1.91. The van der Waals surface area contributed by atoms with E-state index in [1.807, 2.05) is 12.1 Å². The van der Waals surface area contributed by atoms with Gasteiger partial charge in [-0.2, -0.15) is 0 Å². The van der Waals surface area contributed by atoms with Crippen LogP contribution in [-0.2, 0) is 0 Å². The van der Waals surface area contributed by atoms with Gasteiger partial charge in [0.05, 0.1) is 16.8 Å². The van der Waals surface area contributed by atoms with Crippen LogP contribution in [0.5, 0.6) is 0 Å². The minimum atomic E-state index is 0.916. The van der Waals surface area contributed by atoms with Crippen molar-refractivity contribution in [3.8, 4) is 10.6 Å². The molecule has 0 aliphatic rings. The monoisotopic (exact) mass is 161 g/mol.